The van der Waals surface area contributed by atoms with Gasteiger partial charge in [0.15, 0.2) is 0 Å². The third-order valence-electron chi connectivity index (χ3n) is 3.19. The molecule has 2 heterocycles. The predicted molar refractivity (Wildman–Crippen MR) is 67.1 cm³/mol. The first-order valence-electron chi connectivity index (χ1n) is 6.44. The summed E-state index contributed by atoms with van der Waals surface area (Å²) < 4.78 is 5.38. The highest BCUT2D eigenvalue weighted by Gasteiger charge is 2.17. The highest BCUT2D eigenvalue weighted by Crippen LogP contribution is 2.24. The molecule has 1 aromatic rings. The van der Waals surface area contributed by atoms with Gasteiger partial charge in [0.1, 0.15) is 5.82 Å². The number of nitrogens with one attached hydrogen (secondary N) is 1. The SMILES string of the molecule is CNCCCc1nccc(C2CCOCC2)n1. The summed E-state index contributed by atoms with van der Waals surface area (Å²) in [5.74, 6) is 1.54. The van der Waals surface area contributed by atoms with Gasteiger partial charge in [-0.2, -0.15) is 0 Å². The van der Waals surface area contributed by atoms with Crippen LogP contribution in [0.4, 0.5) is 0 Å². The van der Waals surface area contributed by atoms with Gasteiger partial charge in [-0.3, -0.25) is 0 Å². The Bertz CT molecular complexity index is 337. The zero-order chi connectivity index (χ0) is 11.9. The second-order valence-corrected chi connectivity index (χ2v) is 4.49. The summed E-state index contributed by atoms with van der Waals surface area (Å²) >= 11 is 0. The molecule has 0 bridgehead atoms. The zero-order valence-electron chi connectivity index (χ0n) is 10.5. The lowest BCUT2D eigenvalue weighted by Crippen LogP contribution is -2.16. The first-order valence-corrected chi connectivity index (χ1v) is 6.44. The minimum absolute atomic E-state index is 0.565. The second kappa shape index (κ2) is 6.67. The highest BCUT2D eigenvalue weighted by molar-refractivity contribution is 5.09. The van der Waals surface area contributed by atoms with Crippen LogP contribution in [-0.2, 0) is 11.2 Å². The molecular formula is C13H21N3O. The Morgan fingerprint density at radius 1 is 1.41 bits per heavy atom. The van der Waals surface area contributed by atoms with Crippen LogP contribution in [0.3, 0.4) is 0 Å². The fourth-order valence-corrected chi connectivity index (χ4v) is 2.18. The van der Waals surface area contributed by atoms with Crippen LogP contribution in [0.25, 0.3) is 0 Å². The van der Waals surface area contributed by atoms with Crippen LogP contribution in [0.15, 0.2) is 12.3 Å². The third kappa shape index (κ3) is 3.75. The van der Waals surface area contributed by atoms with Gasteiger partial charge in [0, 0.05) is 37.4 Å². The van der Waals surface area contributed by atoms with Gasteiger partial charge in [-0.15, -0.1) is 0 Å². The van der Waals surface area contributed by atoms with Crippen molar-refractivity contribution in [2.24, 2.45) is 0 Å². The van der Waals surface area contributed by atoms with Crippen molar-refractivity contribution in [3.05, 3.63) is 23.8 Å². The number of ether oxygens (including phenoxy) is 1. The lowest BCUT2D eigenvalue weighted by molar-refractivity contribution is 0.0844. The molecule has 17 heavy (non-hydrogen) atoms. The standard InChI is InChI=1S/C13H21N3O/c1-14-7-2-3-13-15-8-4-12(16-13)11-5-9-17-10-6-11/h4,8,11,14H,2-3,5-7,9-10H2,1H3. The molecule has 1 saturated heterocycles. The zero-order valence-corrected chi connectivity index (χ0v) is 10.5. The lowest BCUT2D eigenvalue weighted by Gasteiger charge is -2.21. The van der Waals surface area contributed by atoms with E-state index in [0.29, 0.717) is 5.92 Å². The van der Waals surface area contributed by atoms with Crippen LogP contribution >= 0.6 is 0 Å². The van der Waals surface area contributed by atoms with Crippen LogP contribution in [0.1, 0.15) is 36.7 Å². The molecule has 0 aromatic carbocycles. The van der Waals surface area contributed by atoms with Gasteiger partial charge in [-0.25, -0.2) is 9.97 Å². The first-order chi connectivity index (χ1) is 8.40. The van der Waals surface area contributed by atoms with E-state index in [4.69, 9.17) is 4.74 Å². The van der Waals surface area contributed by atoms with Crippen LogP contribution in [0.5, 0.6) is 0 Å². The molecule has 0 amide bonds. The maximum Gasteiger partial charge on any atom is 0.128 e. The minimum Gasteiger partial charge on any atom is -0.381 e. The van der Waals surface area contributed by atoms with E-state index in [1.165, 1.54) is 5.69 Å². The maximum absolute atomic E-state index is 5.38. The molecule has 0 saturated carbocycles. The molecule has 1 fully saturated rings. The number of hydrogen-bond donors (Lipinski definition) is 1. The topological polar surface area (TPSA) is 47.0 Å². The van der Waals surface area contributed by atoms with Gasteiger partial charge in [-0.05, 0) is 38.9 Å². The Labute approximate surface area is 103 Å². The number of rotatable bonds is 5. The van der Waals surface area contributed by atoms with Crippen molar-refractivity contribution in [1.82, 2.24) is 15.3 Å². The summed E-state index contributed by atoms with van der Waals surface area (Å²) in [6.07, 6.45) is 6.12. The van der Waals surface area contributed by atoms with E-state index in [1.54, 1.807) is 0 Å². The fraction of sp³-hybridized carbons (Fsp3) is 0.692. The third-order valence-corrected chi connectivity index (χ3v) is 3.19. The van der Waals surface area contributed by atoms with Gasteiger partial charge in [0.25, 0.3) is 0 Å². The first kappa shape index (κ1) is 12.5. The Hall–Kier alpha value is -1.00. The summed E-state index contributed by atoms with van der Waals surface area (Å²) in [4.78, 5) is 9.01. The van der Waals surface area contributed by atoms with Gasteiger partial charge < -0.3 is 10.1 Å². The monoisotopic (exact) mass is 235 g/mol. The largest absolute Gasteiger partial charge is 0.381 e. The van der Waals surface area contributed by atoms with Crippen LogP contribution < -0.4 is 5.32 Å². The van der Waals surface area contributed by atoms with E-state index >= 15 is 0 Å². The molecule has 1 aliphatic heterocycles. The van der Waals surface area contributed by atoms with Crippen molar-refractivity contribution in [2.45, 2.75) is 31.6 Å². The summed E-state index contributed by atoms with van der Waals surface area (Å²) in [5.41, 5.74) is 1.20. The average Bonchev–Trinajstić information content (AvgIpc) is 2.41. The normalized spacial score (nSPS) is 17.2. The molecule has 2 rings (SSSR count). The quantitative estimate of drug-likeness (QED) is 0.786. The van der Waals surface area contributed by atoms with E-state index in [2.05, 4.69) is 21.4 Å². The molecular weight excluding hydrogens is 214 g/mol. The molecule has 1 aliphatic rings. The van der Waals surface area contributed by atoms with Gasteiger partial charge in [0.2, 0.25) is 0 Å². The van der Waals surface area contributed by atoms with Crippen LogP contribution in [0, 0.1) is 0 Å². The Balaban J connectivity index is 1.95. The van der Waals surface area contributed by atoms with E-state index in [9.17, 15) is 0 Å². The maximum atomic E-state index is 5.38. The summed E-state index contributed by atoms with van der Waals surface area (Å²) in [7, 11) is 1.97. The number of nitrogens with zero attached hydrogens (tertiary/aromatic N) is 2. The van der Waals surface area contributed by atoms with Crippen molar-refractivity contribution in [3.8, 4) is 0 Å². The minimum atomic E-state index is 0.565. The summed E-state index contributed by atoms with van der Waals surface area (Å²) in [5, 5.41) is 3.14. The van der Waals surface area contributed by atoms with E-state index in [0.717, 1.165) is 51.3 Å². The second-order valence-electron chi connectivity index (χ2n) is 4.49. The smallest absolute Gasteiger partial charge is 0.128 e. The molecule has 0 spiro atoms. The summed E-state index contributed by atoms with van der Waals surface area (Å²) in [6, 6.07) is 2.05. The number of aryl methyl sites for hydroxylation is 1. The van der Waals surface area contributed by atoms with Gasteiger partial charge in [-0.1, -0.05) is 0 Å². The Kier molecular flexibility index (Phi) is 4.88. The summed E-state index contributed by atoms with van der Waals surface area (Å²) in [6.45, 7) is 2.75. The van der Waals surface area contributed by atoms with E-state index < -0.39 is 0 Å². The molecule has 1 N–H and O–H groups in total. The molecule has 4 heteroatoms. The number of hydrogen-bond acceptors (Lipinski definition) is 4. The lowest BCUT2D eigenvalue weighted by atomic mass is 9.96. The van der Waals surface area contributed by atoms with Gasteiger partial charge >= 0.3 is 0 Å². The van der Waals surface area contributed by atoms with Crippen LogP contribution in [-0.4, -0.2) is 36.8 Å². The molecule has 4 nitrogen and oxygen atoms in total. The highest BCUT2D eigenvalue weighted by atomic mass is 16.5. The average molecular weight is 235 g/mol. The van der Waals surface area contributed by atoms with E-state index in [1.807, 2.05) is 13.2 Å². The number of aromatic nitrogens is 2. The Morgan fingerprint density at radius 3 is 3.00 bits per heavy atom. The van der Waals surface area contributed by atoms with Gasteiger partial charge in [0.05, 0.1) is 0 Å². The van der Waals surface area contributed by atoms with Crippen LogP contribution in [0.2, 0.25) is 0 Å². The van der Waals surface area contributed by atoms with E-state index in [-0.39, 0.29) is 0 Å². The molecule has 0 aliphatic carbocycles. The van der Waals surface area contributed by atoms with Crippen molar-refractivity contribution in [1.29, 1.82) is 0 Å². The van der Waals surface area contributed by atoms with Crippen molar-refractivity contribution < 1.29 is 4.74 Å². The Morgan fingerprint density at radius 2 is 2.24 bits per heavy atom. The van der Waals surface area contributed by atoms with Crippen molar-refractivity contribution in [2.75, 3.05) is 26.8 Å². The predicted octanol–water partition coefficient (Wildman–Crippen LogP) is 1.52. The van der Waals surface area contributed by atoms with Crippen molar-refractivity contribution >= 4 is 0 Å². The fourth-order valence-electron chi connectivity index (χ4n) is 2.18. The molecule has 0 unspecified atom stereocenters. The molecule has 1 aromatic heterocycles. The molecule has 0 atom stereocenters. The molecule has 0 radical (unpaired) electrons. The van der Waals surface area contributed by atoms with Crippen molar-refractivity contribution in [3.63, 3.8) is 0 Å². The molecule has 94 valence electrons.